The molecule has 2 aromatic carbocycles. The van der Waals surface area contributed by atoms with Crippen molar-refractivity contribution in [1.82, 2.24) is 0 Å². The maximum atomic E-state index is 11.5. The molecule has 2 aliphatic rings. The number of rotatable bonds is 9. The number of ether oxygens (including phenoxy) is 4. The molecular formula is C22H18O8. The lowest BCUT2D eigenvalue weighted by Gasteiger charge is -2.08. The van der Waals surface area contributed by atoms with Gasteiger partial charge in [-0.05, 0) is 62.1 Å². The van der Waals surface area contributed by atoms with Gasteiger partial charge in [0.2, 0.25) is 0 Å². The first-order chi connectivity index (χ1) is 14.5. The van der Waals surface area contributed by atoms with E-state index in [9.17, 15) is 19.2 Å². The van der Waals surface area contributed by atoms with Gasteiger partial charge in [-0.3, -0.25) is 0 Å². The number of cyclic esters (lactones) is 4. The van der Waals surface area contributed by atoms with Crippen molar-refractivity contribution in [2.45, 2.75) is 25.7 Å². The van der Waals surface area contributed by atoms with Crippen LogP contribution < -0.4 is 9.47 Å². The first-order valence-corrected chi connectivity index (χ1v) is 9.59. The minimum absolute atomic E-state index is 0.235. The number of hydrogen-bond acceptors (Lipinski definition) is 8. The number of carbonyl (C=O) groups excluding carboxylic acids is 4. The van der Waals surface area contributed by atoms with Gasteiger partial charge < -0.3 is 18.9 Å². The molecule has 0 N–H and O–H groups in total. The molecule has 2 aliphatic heterocycles. The van der Waals surface area contributed by atoms with Gasteiger partial charge in [0.1, 0.15) is 11.5 Å². The number of benzene rings is 2. The highest BCUT2D eigenvalue weighted by molar-refractivity contribution is 6.15. The summed E-state index contributed by atoms with van der Waals surface area (Å²) < 4.78 is 20.4. The Bertz CT molecular complexity index is 956. The van der Waals surface area contributed by atoms with Crippen LogP contribution in [0.15, 0.2) is 36.4 Å². The summed E-state index contributed by atoms with van der Waals surface area (Å²) in [5, 5.41) is 0. The van der Waals surface area contributed by atoms with Gasteiger partial charge in [0.05, 0.1) is 35.5 Å². The Kier molecular flexibility index (Phi) is 5.47. The van der Waals surface area contributed by atoms with Gasteiger partial charge in [0.25, 0.3) is 0 Å². The zero-order valence-electron chi connectivity index (χ0n) is 16.0. The molecule has 154 valence electrons. The topological polar surface area (TPSA) is 105 Å². The lowest BCUT2D eigenvalue weighted by atomic mass is 10.1. The molecule has 2 heterocycles. The summed E-state index contributed by atoms with van der Waals surface area (Å²) in [6.07, 6.45) is 3.51. The molecule has 2 aromatic rings. The van der Waals surface area contributed by atoms with Crippen LogP contribution in [-0.2, 0) is 9.47 Å². The van der Waals surface area contributed by atoms with Crippen molar-refractivity contribution in [2.75, 3.05) is 13.2 Å². The maximum absolute atomic E-state index is 11.5. The Morgan fingerprint density at radius 2 is 0.933 bits per heavy atom. The quantitative estimate of drug-likeness (QED) is 0.352. The number of hydrogen-bond donors (Lipinski definition) is 0. The van der Waals surface area contributed by atoms with E-state index in [1.54, 1.807) is 12.1 Å². The number of esters is 4. The highest BCUT2D eigenvalue weighted by atomic mass is 16.6. The summed E-state index contributed by atoms with van der Waals surface area (Å²) in [5.41, 5.74) is 0.996. The fraction of sp³-hybridized carbons (Fsp3) is 0.273. The Morgan fingerprint density at radius 3 is 1.37 bits per heavy atom. The zero-order chi connectivity index (χ0) is 21.1. The second-order valence-electron chi connectivity index (χ2n) is 6.88. The van der Waals surface area contributed by atoms with Crippen molar-refractivity contribution in [3.05, 3.63) is 58.7 Å². The summed E-state index contributed by atoms with van der Waals surface area (Å²) in [6.45, 7) is 0.979. The molecule has 0 spiro atoms. The maximum Gasteiger partial charge on any atom is 0.347 e. The first-order valence-electron chi connectivity index (χ1n) is 9.59. The smallest absolute Gasteiger partial charge is 0.347 e. The number of fused-ring (bicyclic) bond motifs is 2. The molecule has 0 atom stereocenters. The lowest BCUT2D eigenvalue weighted by Crippen LogP contribution is -2.01. The molecule has 0 amide bonds. The van der Waals surface area contributed by atoms with Crippen LogP contribution in [0.25, 0.3) is 0 Å². The van der Waals surface area contributed by atoms with Gasteiger partial charge in [-0.25, -0.2) is 19.2 Å². The average Bonchev–Trinajstić information content (AvgIpc) is 3.18. The van der Waals surface area contributed by atoms with E-state index < -0.39 is 23.9 Å². The molecular weight excluding hydrogens is 392 g/mol. The molecule has 0 saturated heterocycles. The second-order valence-corrected chi connectivity index (χ2v) is 6.88. The molecule has 0 aliphatic carbocycles. The normalized spacial score (nSPS) is 14.3. The van der Waals surface area contributed by atoms with Crippen LogP contribution in [0.1, 0.15) is 67.1 Å². The van der Waals surface area contributed by atoms with Gasteiger partial charge in [0, 0.05) is 0 Å². The van der Waals surface area contributed by atoms with E-state index in [-0.39, 0.29) is 22.3 Å². The van der Waals surface area contributed by atoms with E-state index in [2.05, 4.69) is 9.47 Å². The lowest BCUT2D eigenvalue weighted by molar-refractivity contribution is 0.0425. The molecule has 0 bridgehead atoms. The fourth-order valence-electron chi connectivity index (χ4n) is 3.25. The van der Waals surface area contributed by atoms with Crippen molar-refractivity contribution >= 4 is 23.9 Å². The summed E-state index contributed by atoms with van der Waals surface area (Å²) in [4.78, 5) is 45.9. The predicted octanol–water partition coefficient (Wildman–Crippen LogP) is 3.33. The monoisotopic (exact) mass is 410 g/mol. The molecule has 0 saturated carbocycles. The van der Waals surface area contributed by atoms with E-state index in [1.807, 2.05) is 0 Å². The van der Waals surface area contributed by atoms with Gasteiger partial charge in [-0.15, -0.1) is 0 Å². The summed E-state index contributed by atoms with van der Waals surface area (Å²) >= 11 is 0. The highest BCUT2D eigenvalue weighted by Gasteiger charge is 2.30. The third-order valence-corrected chi connectivity index (χ3v) is 4.81. The molecule has 0 aromatic heterocycles. The third kappa shape index (κ3) is 4.03. The number of unbranched alkanes of at least 4 members (excludes halogenated alkanes) is 3. The van der Waals surface area contributed by atoms with E-state index in [4.69, 9.17) is 9.47 Å². The van der Waals surface area contributed by atoms with Gasteiger partial charge in [-0.1, -0.05) is 0 Å². The van der Waals surface area contributed by atoms with Crippen molar-refractivity contribution in [2.24, 2.45) is 0 Å². The van der Waals surface area contributed by atoms with Gasteiger partial charge >= 0.3 is 23.9 Å². The molecule has 0 radical (unpaired) electrons. The molecule has 0 unspecified atom stereocenters. The largest absolute Gasteiger partial charge is 0.494 e. The van der Waals surface area contributed by atoms with Crippen LogP contribution in [-0.4, -0.2) is 37.1 Å². The Hall–Kier alpha value is -3.68. The number of carbonyl (C=O) groups is 4. The molecule has 30 heavy (non-hydrogen) atoms. The van der Waals surface area contributed by atoms with Crippen molar-refractivity contribution < 1.29 is 38.1 Å². The standard InChI is InChI=1S/C22H18O8/c23-19-15-7-5-13(11-17(15)21(25)29-19)27-9-3-1-2-4-10-28-14-6-8-16-18(12-14)22(26)30-20(16)24/h5-8,11-12H,1-4,9-10H2. The predicted molar refractivity (Wildman–Crippen MR) is 102 cm³/mol. The molecule has 4 rings (SSSR count). The molecule has 8 heteroatoms. The van der Waals surface area contributed by atoms with E-state index in [0.717, 1.165) is 25.7 Å². The van der Waals surface area contributed by atoms with Crippen molar-refractivity contribution in [3.63, 3.8) is 0 Å². The summed E-state index contributed by atoms with van der Waals surface area (Å²) in [6, 6.07) is 9.40. The van der Waals surface area contributed by atoms with E-state index >= 15 is 0 Å². The van der Waals surface area contributed by atoms with Crippen LogP contribution in [0.3, 0.4) is 0 Å². The van der Waals surface area contributed by atoms with Crippen LogP contribution in [0, 0.1) is 0 Å². The van der Waals surface area contributed by atoms with Gasteiger partial charge in [-0.2, -0.15) is 0 Å². The summed E-state index contributed by atoms with van der Waals surface area (Å²) in [7, 11) is 0. The van der Waals surface area contributed by atoms with E-state index in [1.165, 1.54) is 24.3 Å². The Labute approximate surface area is 171 Å². The Morgan fingerprint density at radius 1 is 0.533 bits per heavy atom. The first kappa shape index (κ1) is 19.6. The van der Waals surface area contributed by atoms with Crippen molar-refractivity contribution in [3.8, 4) is 11.5 Å². The highest BCUT2D eigenvalue weighted by Crippen LogP contribution is 2.26. The second kappa shape index (κ2) is 8.36. The fourth-order valence-corrected chi connectivity index (χ4v) is 3.25. The van der Waals surface area contributed by atoms with Crippen LogP contribution >= 0.6 is 0 Å². The van der Waals surface area contributed by atoms with Crippen LogP contribution in [0.5, 0.6) is 11.5 Å². The minimum Gasteiger partial charge on any atom is -0.494 e. The van der Waals surface area contributed by atoms with E-state index in [0.29, 0.717) is 24.7 Å². The third-order valence-electron chi connectivity index (χ3n) is 4.81. The average molecular weight is 410 g/mol. The minimum atomic E-state index is -0.646. The van der Waals surface area contributed by atoms with Crippen molar-refractivity contribution in [1.29, 1.82) is 0 Å². The molecule has 8 nitrogen and oxygen atoms in total. The SMILES string of the molecule is O=C1OC(=O)c2cc(OCCCCCCOc3ccc4c(c3)C(=O)OC4=O)ccc21. The summed E-state index contributed by atoms with van der Waals surface area (Å²) in [5.74, 6) is -1.50. The molecule has 0 fully saturated rings. The zero-order valence-corrected chi connectivity index (χ0v) is 16.0. The van der Waals surface area contributed by atoms with Gasteiger partial charge in [0.15, 0.2) is 0 Å². The van der Waals surface area contributed by atoms with Crippen LogP contribution in [0.2, 0.25) is 0 Å². The van der Waals surface area contributed by atoms with Crippen LogP contribution in [0.4, 0.5) is 0 Å². The Balaban J connectivity index is 1.13.